The van der Waals surface area contributed by atoms with Gasteiger partial charge in [0.25, 0.3) is 5.91 Å². The summed E-state index contributed by atoms with van der Waals surface area (Å²) in [6.07, 6.45) is 0. The van der Waals surface area contributed by atoms with Crippen molar-refractivity contribution in [3.63, 3.8) is 0 Å². The van der Waals surface area contributed by atoms with Gasteiger partial charge in [0.05, 0.1) is 4.88 Å². The molecule has 3 nitrogen and oxygen atoms in total. The van der Waals surface area contributed by atoms with Gasteiger partial charge in [-0.1, -0.05) is 6.07 Å². The molecule has 2 N–H and O–H groups in total. The van der Waals surface area contributed by atoms with Gasteiger partial charge in [0.2, 0.25) is 0 Å². The predicted octanol–water partition coefficient (Wildman–Crippen LogP) is 3.53. The lowest BCUT2D eigenvalue weighted by Crippen LogP contribution is -2.25. The van der Waals surface area contributed by atoms with Gasteiger partial charge in [-0.25, -0.2) is 0 Å². The second-order valence-corrected chi connectivity index (χ2v) is 6.09. The van der Waals surface area contributed by atoms with Crippen LogP contribution in [-0.4, -0.2) is 13.0 Å². The lowest BCUT2D eigenvalue weighted by atomic mass is 10.1. The van der Waals surface area contributed by atoms with E-state index in [2.05, 4.69) is 6.07 Å². The molecule has 0 radical (unpaired) electrons. The highest BCUT2D eigenvalue weighted by Crippen LogP contribution is 2.26. The van der Waals surface area contributed by atoms with E-state index < -0.39 is 0 Å². The summed E-state index contributed by atoms with van der Waals surface area (Å²) < 4.78 is 0. The molecule has 0 aliphatic carbocycles. The quantitative estimate of drug-likeness (QED) is 0.910. The zero-order valence-corrected chi connectivity index (χ0v) is 12.5. The van der Waals surface area contributed by atoms with Crippen molar-refractivity contribution < 1.29 is 4.79 Å². The summed E-state index contributed by atoms with van der Waals surface area (Å²) in [6, 6.07) is 7.86. The Hall–Kier alpha value is -1.81. The van der Waals surface area contributed by atoms with Gasteiger partial charge in [-0.2, -0.15) is 0 Å². The van der Waals surface area contributed by atoms with Gasteiger partial charge in [0.15, 0.2) is 0 Å². The molecule has 1 aromatic heterocycles. The molecule has 0 fully saturated rings. The zero-order chi connectivity index (χ0) is 14.2. The molecule has 0 aliphatic rings. The fraction of sp³-hybridized carbons (Fsp3) is 0.267. The third-order valence-corrected chi connectivity index (χ3v) is 4.12. The van der Waals surface area contributed by atoms with Gasteiger partial charge in [-0.15, -0.1) is 11.3 Å². The third-order valence-electron chi connectivity index (χ3n) is 3.07. The van der Waals surface area contributed by atoms with Gasteiger partial charge >= 0.3 is 0 Å². The van der Waals surface area contributed by atoms with E-state index in [1.165, 1.54) is 11.3 Å². The first-order valence-electron chi connectivity index (χ1n) is 6.10. The second kappa shape index (κ2) is 5.05. The van der Waals surface area contributed by atoms with Crippen molar-refractivity contribution in [3.8, 4) is 0 Å². The number of carbonyl (C=O) groups is 1. The molecule has 2 aromatic rings. The van der Waals surface area contributed by atoms with E-state index in [1.807, 2.05) is 32.9 Å². The minimum absolute atomic E-state index is 0.0187. The highest BCUT2D eigenvalue weighted by atomic mass is 32.1. The number of carbonyl (C=O) groups excluding carboxylic acids is 1. The average molecular weight is 274 g/mol. The van der Waals surface area contributed by atoms with E-state index in [9.17, 15) is 4.79 Å². The van der Waals surface area contributed by atoms with Crippen LogP contribution in [0, 0.1) is 20.8 Å². The van der Waals surface area contributed by atoms with Crippen LogP contribution in [0.3, 0.4) is 0 Å². The number of hydrogen-bond donors (Lipinski definition) is 1. The lowest BCUT2D eigenvalue weighted by molar-refractivity contribution is 0.0997. The normalized spacial score (nSPS) is 10.5. The molecule has 100 valence electrons. The number of thiophene rings is 1. The van der Waals surface area contributed by atoms with Crippen molar-refractivity contribution in [2.45, 2.75) is 20.8 Å². The number of amides is 1. The maximum absolute atomic E-state index is 12.4. The van der Waals surface area contributed by atoms with Crippen LogP contribution in [0.2, 0.25) is 0 Å². The Bertz CT molecular complexity index is 591. The number of hydrogen-bond acceptors (Lipinski definition) is 3. The van der Waals surface area contributed by atoms with Crippen molar-refractivity contribution in [2.24, 2.45) is 0 Å². The van der Waals surface area contributed by atoms with E-state index in [-0.39, 0.29) is 5.91 Å². The van der Waals surface area contributed by atoms with Crippen LogP contribution >= 0.6 is 11.3 Å². The van der Waals surface area contributed by atoms with Gasteiger partial charge < -0.3 is 10.6 Å². The second-order valence-electron chi connectivity index (χ2n) is 4.83. The topological polar surface area (TPSA) is 46.3 Å². The fourth-order valence-corrected chi connectivity index (χ4v) is 2.95. The Kier molecular flexibility index (Phi) is 3.62. The number of nitrogens with two attached hydrogens (primary N) is 1. The van der Waals surface area contributed by atoms with E-state index in [4.69, 9.17) is 5.73 Å². The van der Waals surface area contributed by atoms with Crippen LogP contribution in [0.5, 0.6) is 0 Å². The Morgan fingerprint density at radius 1 is 1.11 bits per heavy atom. The highest BCUT2D eigenvalue weighted by Gasteiger charge is 2.17. The van der Waals surface area contributed by atoms with Crippen molar-refractivity contribution in [2.75, 3.05) is 17.7 Å². The largest absolute Gasteiger partial charge is 0.398 e. The molecule has 19 heavy (non-hydrogen) atoms. The molecule has 1 aromatic carbocycles. The number of nitrogen functional groups attached to an aromatic ring is 1. The summed E-state index contributed by atoms with van der Waals surface area (Å²) >= 11 is 1.44. The minimum atomic E-state index is -0.0187. The summed E-state index contributed by atoms with van der Waals surface area (Å²) in [4.78, 5) is 15.7. The van der Waals surface area contributed by atoms with Crippen LogP contribution in [0.15, 0.2) is 24.3 Å². The summed E-state index contributed by atoms with van der Waals surface area (Å²) in [5.74, 6) is -0.0187. The number of aryl methyl sites for hydroxylation is 3. The first-order chi connectivity index (χ1) is 8.88. The molecular formula is C15H18N2OS. The monoisotopic (exact) mass is 274 g/mol. The minimum Gasteiger partial charge on any atom is -0.398 e. The van der Waals surface area contributed by atoms with E-state index in [1.54, 1.807) is 18.0 Å². The summed E-state index contributed by atoms with van der Waals surface area (Å²) in [5, 5.41) is 0. The van der Waals surface area contributed by atoms with E-state index >= 15 is 0 Å². The van der Waals surface area contributed by atoms with Gasteiger partial charge in [-0.3, -0.25) is 4.79 Å². The van der Waals surface area contributed by atoms with Crippen LogP contribution in [-0.2, 0) is 0 Å². The fourth-order valence-electron chi connectivity index (χ4n) is 2.03. The van der Waals surface area contributed by atoms with Crippen molar-refractivity contribution in [1.82, 2.24) is 0 Å². The third kappa shape index (κ3) is 2.79. The van der Waals surface area contributed by atoms with Crippen molar-refractivity contribution in [3.05, 3.63) is 45.1 Å². The molecule has 0 aliphatic heterocycles. The van der Waals surface area contributed by atoms with Gasteiger partial charge in [0.1, 0.15) is 0 Å². The summed E-state index contributed by atoms with van der Waals surface area (Å²) in [5.41, 5.74) is 9.70. The average Bonchev–Trinajstić information content (AvgIpc) is 2.66. The van der Waals surface area contributed by atoms with Crippen LogP contribution < -0.4 is 10.6 Å². The Labute approximate surface area is 117 Å². The Morgan fingerprint density at radius 2 is 1.68 bits per heavy atom. The van der Waals surface area contributed by atoms with Gasteiger partial charge in [0, 0.05) is 23.3 Å². The molecule has 0 saturated heterocycles. The Balaban J connectivity index is 2.33. The smallest absolute Gasteiger partial charge is 0.268 e. The highest BCUT2D eigenvalue weighted by molar-refractivity contribution is 7.14. The number of rotatable bonds is 2. The van der Waals surface area contributed by atoms with Crippen LogP contribution in [0.1, 0.15) is 25.7 Å². The van der Waals surface area contributed by atoms with Gasteiger partial charge in [-0.05, 0) is 50.1 Å². The molecule has 1 amide bonds. The SMILES string of the molecule is Cc1cc(C)cc(N(C)C(=O)c2cc(N)c(C)s2)c1. The molecule has 1 heterocycles. The molecule has 0 atom stereocenters. The number of nitrogens with zero attached hydrogens (tertiary/aromatic N) is 1. The molecule has 2 rings (SSSR count). The van der Waals surface area contributed by atoms with Crippen molar-refractivity contribution >= 4 is 28.6 Å². The maximum atomic E-state index is 12.4. The molecule has 4 heteroatoms. The zero-order valence-electron chi connectivity index (χ0n) is 11.7. The Morgan fingerprint density at radius 3 is 2.16 bits per heavy atom. The molecule has 0 spiro atoms. The first kappa shape index (κ1) is 13.6. The maximum Gasteiger partial charge on any atom is 0.268 e. The summed E-state index contributed by atoms with van der Waals surface area (Å²) in [7, 11) is 1.79. The molecule has 0 bridgehead atoms. The van der Waals surface area contributed by atoms with E-state index in [0.717, 1.165) is 21.7 Å². The first-order valence-corrected chi connectivity index (χ1v) is 6.92. The van der Waals surface area contributed by atoms with E-state index in [0.29, 0.717) is 10.6 Å². The molecular weight excluding hydrogens is 256 g/mol. The molecule has 0 unspecified atom stereocenters. The standard InChI is InChI=1S/C15H18N2OS/c1-9-5-10(2)7-12(6-9)17(4)15(18)14-8-13(16)11(3)19-14/h5-8H,16H2,1-4H3. The number of benzene rings is 1. The number of anilines is 2. The predicted molar refractivity (Wildman–Crippen MR) is 82.1 cm³/mol. The van der Waals surface area contributed by atoms with Crippen LogP contribution in [0.25, 0.3) is 0 Å². The van der Waals surface area contributed by atoms with Crippen molar-refractivity contribution in [1.29, 1.82) is 0 Å². The van der Waals surface area contributed by atoms with Crippen LogP contribution in [0.4, 0.5) is 11.4 Å². The lowest BCUT2D eigenvalue weighted by Gasteiger charge is -2.17. The molecule has 0 saturated carbocycles. The summed E-state index contributed by atoms with van der Waals surface area (Å²) in [6.45, 7) is 5.98.